The Morgan fingerprint density at radius 1 is 1.41 bits per heavy atom. The van der Waals surface area contributed by atoms with Crippen LogP contribution in [0.4, 0.5) is 4.39 Å². The van der Waals surface area contributed by atoms with E-state index >= 15 is 0 Å². The molecule has 3 heterocycles. The van der Waals surface area contributed by atoms with Gasteiger partial charge in [0.15, 0.2) is 11.6 Å². The third-order valence-electron chi connectivity index (χ3n) is 4.89. The van der Waals surface area contributed by atoms with Crippen molar-refractivity contribution in [2.24, 2.45) is 5.16 Å². The number of pyridine rings is 1. The molecule has 1 N–H and O–H groups in total. The molecule has 4 rings (SSSR count). The SMILES string of the molecule is COc1ccc(C2=NOC(CNC(=O)Cc3cnc4c(C)cccn34)C2)cc1F. The topological polar surface area (TPSA) is 77.2 Å². The van der Waals surface area contributed by atoms with Gasteiger partial charge in [0.25, 0.3) is 0 Å². The number of fused-ring (bicyclic) bond motifs is 1. The molecule has 1 amide bonds. The summed E-state index contributed by atoms with van der Waals surface area (Å²) >= 11 is 0. The lowest BCUT2D eigenvalue weighted by molar-refractivity contribution is -0.121. The van der Waals surface area contributed by atoms with E-state index in [2.05, 4.69) is 15.5 Å². The van der Waals surface area contributed by atoms with Crippen molar-refractivity contribution < 1.29 is 18.8 Å². The number of aryl methyl sites for hydroxylation is 1. The number of nitrogens with one attached hydrogen (secondary N) is 1. The van der Waals surface area contributed by atoms with Crippen LogP contribution in [0.3, 0.4) is 0 Å². The van der Waals surface area contributed by atoms with Gasteiger partial charge in [-0.15, -0.1) is 0 Å². The summed E-state index contributed by atoms with van der Waals surface area (Å²) in [6, 6.07) is 8.57. The lowest BCUT2D eigenvalue weighted by Gasteiger charge is -2.10. The van der Waals surface area contributed by atoms with Gasteiger partial charge in [0, 0.05) is 24.4 Å². The number of imidazole rings is 1. The van der Waals surface area contributed by atoms with Crippen LogP contribution in [-0.2, 0) is 16.1 Å². The number of oxime groups is 1. The molecular weight excluding hydrogens is 375 g/mol. The van der Waals surface area contributed by atoms with Crippen molar-refractivity contribution in [1.82, 2.24) is 14.7 Å². The van der Waals surface area contributed by atoms with Crippen LogP contribution in [0, 0.1) is 12.7 Å². The number of ether oxygens (including phenoxy) is 1. The van der Waals surface area contributed by atoms with Crippen LogP contribution in [0.15, 0.2) is 47.9 Å². The minimum absolute atomic E-state index is 0.124. The van der Waals surface area contributed by atoms with E-state index in [0.717, 1.165) is 16.9 Å². The van der Waals surface area contributed by atoms with E-state index in [4.69, 9.17) is 9.57 Å². The lowest BCUT2D eigenvalue weighted by atomic mass is 10.0. The molecule has 0 fully saturated rings. The highest BCUT2D eigenvalue weighted by molar-refractivity contribution is 6.01. The Bertz CT molecular complexity index is 1090. The fourth-order valence-corrected chi connectivity index (χ4v) is 3.34. The Morgan fingerprint density at radius 2 is 2.28 bits per heavy atom. The largest absolute Gasteiger partial charge is 0.494 e. The Labute approximate surface area is 167 Å². The summed E-state index contributed by atoms with van der Waals surface area (Å²) in [6.45, 7) is 2.30. The van der Waals surface area contributed by atoms with Crippen molar-refractivity contribution in [3.05, 3.63) is 65.4 Å². The van der Waals surface area contributed by atoms with E-state index in [1.165, 1.54) is 13.2 Å². The third-order valence-corrected chi connectivity index (χ3v) is 4.89. The van der Waals surface area contributed by atoms with Gasteiger partial charge < -0.3 is 19.3 Å². The molecule has 0 saturated carbocycles. The maximum atomic E-state index is 13.9. The predicted octanol–water partition coefficient (Wildman–Crippen LogP) is 2.64. The summed E-state index contributed by atoms with van der Waals surface area (Å²) in [5.74, 6) is -0.395. The van der Waals surface area contributed by atoms with Crippen LogP contribution in [0.1, 0.15) is 23.2 Å². The standard InChI is InChI=1S/C21H21FN4O3/c1-13-4-3-7-26-15(11-24-21(13)26)9-20(27)23-12-16-10-18(25-29-16)14-5-6-19(28-2)17(22)8-14/h3-8,11,16H,9-10,12H2,1-2H3,(H,23,27). The zero-order valence-corrected chi connectivity index (χ0v) is 16.2. The van der Waals surface area contributed by atoms with Crippen LogP contribution in [0.5, 0.6) is 5.75 Å². The van der Waals surface area contributed by atoms with Crippen LogP contribution < -0.4 is 10.1 Å². The van der Waals surface area contributed by atoms with Gasteiger partial charge >= 0.3 is 0 Å². The molecule has 0 bridgehead atoms. The number of amides is 1. The fourth-order valence-electron chi connectivity index (χ4n) is 3.34. The van der Waals surface area contributed by atoms with Gasteiger partial charge in [-0.2, -0.15) is 0 Å². The van der Waals surface area contributed by atoms with Gasteiger partial charge in [0.2, 0.25) is 5.91 Å². The van der Waals surface area contributed by atoms with Gasteiger partial charge in [-0.25, -0.2) is 9.37 Å². The van der Waals surface area contributed by atoms with E-state index in [1.54, 1.807) is 18.3 Å². The quantitative estimate of drug-likeness (QED) is 0.695. The van der Waals surface area contributed by atoms with E-state index in [9.17, 15) is 9.18 Å². The molecule has 0 saturated heterocycles. The van der Waals surface area contributed by atoms with Crippen molar-refractivity contribution >= 4 is 17.3 Å². The zero-order valence-electron chi connectivity index (χ0n) is 16.2. The second kappa shape index (κ2) is 7.90. The number of rotatable bonds is 6. The molecule has 1 atom stereocenters. The van der Waals surface area contributed by atoms with E-state index in [1.807, 2.05) is 29.7 Å². The van der Waals surface area contributed by atoms with Crippen molar-refractivity contribution in [2.75, 3.05) is 13.7 Å². The molecule has 2 aromatic heterocycles. The van der Waals surface area contributed by atoms with Crippen LogP contribution in [0.2, 0.25) is 0 Å². The van der Waals surface area contributed by atoms with Crippen LogP contribution in [0.25, 0.3) is 5.65 Å². The maximum absolute atomic E-state index is 13.9. The first kappa shape index (κ1) is 18.9. The number of halogens is 1. The molecule has 1 aliphatic heterocycles. The van der Waals surface area contributed by atoms with Crippen molar-refractivity contribution in [2.45, 2.75) is 25.9 Å². The Hall–Kier alpha value is -3.42. The van der Waals surface area contributed by atoms with Crippen LogP contribution >= 0.6 is 0 Å². The van der Waals surface area contributed by atoms with E-state index < -0.39 is 5.82 Å². The summed E-state index contributed by atoms with van der Waals surface area (Å²) in [6.07, 6.45) is 4.03. The molecule has 0 spiro atoms. The van der Waals surface area contributed by atoms with Gasteiger partial charge in [0.05, 0.1) is 31.5 Å². The smallest absolute Gasteiger partial charge is 0.226 e. The highest BCUT2D eigenvalue weighted by atomic mass is 19.1. The minimum atomic E-state index is -0.451. The second-order valence-electron chi connectivity index (χ2n) is 6.93. The Balaban J connectivity index is 1.31. The first-order chi connectivity index (χ1) is 14.0. The Morgan fingerprint density at radius 3 is 3.07 bits per heavy atom. The highest BCUT2D eigenvalue weighted by Gasteiger charge is 2.23. The number of carbonyl (C=O) groups excluding carboxylic acids is 1. The monoisotopic (exact) mass is 396 g/mol. The molecule has 3 aromatic rings. The first-order valence-electron chi connectivity index (χ1n) is 9.30. The summed E-state index contributed by atoms with van der Waals surface area (Å²) in [5.41, 5.74) is 4.00. The Kier molecular flexibility index (Phi) is 5.16. The summed E-state index contributed by atoms with van der Waals surface area (Å²) in [4.78, 5) is 22.1. The number of benzene rings is 1. The molecule has 1 unspecified atom stereocenters. The summed E-state index contributed by atoms with van der Waals surface area (Å²) in [7, 11) is 1.42. The third kappa shape index (κ3) is 3.91. The minimum Gasteiger partial charge on any atom is -0.494 e. The number of carbonyl (C=O) groups is 1. The molecule has 29 heavy (non-hydrogen) atoms. The zero-order chi connectivity index (χ0) is 20.4. The van der Waals surface area contributed by atoms with Crippen LogP contribution in [-0.4, -0.2) is 40.8 Å². The van der Waals surface area contributed by atoms with E-state index in [-0.39, 0.29) is 24.2 Å². The average molecular weight is 396 g/mol. The van der Waals surface area contributed by atoms with Gasteiger partial charge in [0.1, 0.15) is 11.8 Å². The van der Waals surface area contributed by atoms with Crippen molar-refractivity contribution in [3.63, 3.8) is 0 Å². The second-order valence-corrected chi connectivity index (χ2v) is 6.93. The lowest BCUT2D eigenvalue weighted by Crippen LogP contribution is -2.33. The maximum Gasteiger partial charge on any atom is 0.226 e. The van der Waals surface area contributed by atoms with Gasteiger partial charge in [-0.05, 0) is 36.8 Å². The summed E-state index contributed by atoms with van der Waals surface area (Å²) in [5, 5.41) is 6.90. The van der Waals surface area contributed by atoms with Crippen molar-refractivity contribution in [3.8, 4) is 5.75 Å². The number of hydrogen-bond donors (Lipinski definition) is 1. The van der Waals surface area contributed by atoms with E-state index in [0.29, 0.717) is 24.2 Å². The first-order valence-corrected chi connectivity index (χ1v) is 9.30. The molecule has 8 heteroatoms. The molecule has 0 radical (unpaired) electrons. The molecule has 7 nitrogen and oxygen atoms in total. The predicted molar refractivity (Wildman–Crippen MR) is 106 cm³/mol. The summed E-state index contributed by atoms with van der Waals surface area (Å²) < 4.78 is 20.7. The number of nitrogens with zero attached hydrogens (tertiary/aromatic N) is 3. The molecular formula is C21H21FN4O3. The average Bonchev–Trinajstić information content (AvgIpc) is 3.35. The highest BCUT2D eigenvalue weighted by Crippen LogP contribution is 2.22. The number of hydrogen-bond acceptors (Lipinski definition) is 5. The van der Waals surface area contributed by atoms with Gasteiger partial charge in [-0.3, -0.25) is 4.79 Å². The molecule has 0 aliphatic carbocycles. The number of methoxy groups -OCH3 is 1. The fraction of sp³-hybridized carbons (Fsp3) is 0.286. The molecule has 150 valence electrons. The molecule has 1 aliphatic rings. The van der Waals surface area contributed by atoms with Gasteiger partial charge in [-0.1, -0.05) is 11.2 Å². The molecule has 1 aromatic carbocycles. The number of aromatic nitrogens is 2. The normalized spacial score (nSPS) is 15.8. The van der Waals surface area contributed by atoms with Crippen molar-refractivity contribution in [1.29, 1.82) is 0 Å².